The molecule has 0 aliphatic carbocycles. The molecule has 1 aliphatic heterocycles. The van der Waals surface area contributed by atoms with Crippen molar-refractivity contribution in [2.24, 2.45) is 13.0 Å². The van der Waals surface area contributed by atoms with Gasteiger partial charge in [-0.15, -0.1) is 11.3 Å². The smallest absolute Gasteiger partial charge is 0.272 e. The molecule has 2 N–H and O–H groups in total. The van der Waals surface area contributed by atoms with E-state index in [0.29, 0.717) is 18.2 Å². The van der Waals surface area contributed by atoms with Crippen molar-refractivity contribution in [1.29, 1.82) is 0 Å². The minimum Gasteiger partial charge on any atom is -0.493 e. The van der Waals surface area contributed by atoms with Crippen molar-refractivity contribution in [1.82, 2.24) is 9.88 Å². The molecule has 7 heteroatoms. The number of ether oxygens (including phenoxy) is 2. The molecule has 0 spiro atoms. The highest BCUT2D eigenvalue weighted by molar-refractivity contribution is 7.17. The van der Waals surface area contributed by atoms with E-state index in [1.165, 1.54) is 6.42 Å². The summed E-state index contributed by atoms with van der Waals surface area (Å²) in [6.07, 6.45) is 1.17. The molecule has 4 aromatic rings. The zero-order valence-electron chi connectivity index (χ0n) is 18.5. The second-order valence-electron chi connectivity index (χ2n) is 8.34. The first-order chi connectivity index (χ1) is 16.2. The molecule has 1 atom stereocenters. The zero-order chi connectivity index (χ0) is 22.6. The van der Waals surface area contributed by atoms with Crippen LogP contribution in [0.5, 0.6) is 11.5 Å². The maximum absolute atomic E-state index is 12.8. The van der Waals surface area contributed by atoms with Crippen LogP contribution in [0.4, 0.5) is 5.69 Å². The molecule has 6 nitrogen and oxygen atoms in total. The maximum atomic E-state index is 12.8. The minimum atomic E-state index is -0.122. The van der Waals surface area contributed by atoms with E-state index in [1.807, 2.05) is 77.7 Å². The van der Waals surface area contributed by atoms with E-state index in [2.05, 4.69) is 10.6 Å². The highest BCUT2D eigenvalue weighted by Crippen LogP contribution is 2.25. The predicted molar refractivity (Wildman–Crippen MR) is 132 cm³/mol. The van der Waals surface area contributed by atoms with E-state index in [9.17, 15) is 4.79 Å². The van der Waals surface area contributed by atoms with Crippen LogP contribution < -0.4 is 20.1 Å². The summed E-state index contributed by atoms with van der Waals surface area (Å²) >= 11 is 1.63. The van der Waals surface area contributed by atoms with Gasteiger partial charge in [-0.1, -0.05) is 12.1 Å². The number of benzene rings is 2. The molecule has 170 valence electrons. The van der Waals surface area contributed by atoms with Crippen LogP contribution in [0, 0.1) is 5.92 Å². The molecular formula is C26H27N3O3S. The monoisotopic (exact) mass is 461 g/mol. The van der Waals surface area contributed by atoms with Gasteiger partial charge < -0.3 is 24.7 Å². The first-order valence-corrected chi connectivity index (χ1v) is 12.0. The Labute approximate surface area is 197 Å². The number of anilines is 1. The number of fused-ring (bicyclic) bond motifs is 1. The fraction of sp³-hybridized carbons (Fsp3) is 0.269. The van der Waals surface area contributed by atoms with Crippen molar-refractivity contribution >= 4 is 33.1 Å². The largest absolute Gasteiger partial charge is 0.493 e. The summed E-state index contributed by atoms with van der Waals surface area (Å²) < 4.78 is 14.9. The van der Waals surface area contributed by atoms with E-state index in [1.54, 1.807) is 11.3 Å². The Balaban J connectivity index is 1.16. The van der Waals surface area contributed by atoms with Crippen LogP contribution in [0.15, 0.2) is 66.0 Å². The Morgan fingerprint density at radius 3 is 2.70 bits per heavy atom. The SMILES string of the molecule is Cn1c(C(=O)Nc2cccc(COc3ccc(OC[C@@H]4CCNC4)cc3)c2)cc2sccc21. The van der Waals surface area contributed by atoms with Gasteiger partial charge in [0.2, 0.25) is 0 Å². The van der Waals surface area contributed by atoms with E-state index in [-0.39, 0.29) is 5.91 Å². The summed E-state index contributed by atoms with van der Waals surface area (Å²) in [6, 6.07) is 19.4. The van der Waals surface area contributed by atoms with Gasteiger partial charge in [-0.25, -0.2) is 0 Å². The Morgan fingerprint density at radius 2 is 1.94 bits per heavy atom. The Morgan fingerprint density at radius 1 is 1.12 bits per heavy atom. The van der Waals surface area contributed by atoms with Gasteiger partial charge in [-0.3, -0.25) is 4.79 Å². The number of nitrogens with one attached hydrogen (secondary N) is 2. The molecule has 5 rings (SSSR count). The summed E-state index contributed by atoms with van der Waals surface area (Å²) in [5.74, 6) is 2.11. The molecule has 1 amide bonds. The topological polar surface area (TPSA) is 64.5 Å². The number of carbonyl (C=O) groups excluding carboxylic acids is 1. The molecule has 1 fully saturated rings. The average molecular weight is 462 g/mol. The van der Waals surface area contributed by atoms with E-state index >= 15 is 0 Å². The third-order valence-electron chi connectivity index (χ3n) is 5.96. The van der Waals surface area contributed by atoms with Gasteiger partial charge in [0, 0.05) is 25.2 Å². The highest BCUT2D eigenvalue weighted by Gasteiger charge is 2.15. The van der Waals surface area contributed by atoms with E-state index in [4.69, 9.17) is 9.47 Å². The fourth-order valence-electron chi connectivity index (χ4n) is 4.07. The lowest BCUT2D eigenvalue weighted by Crippen LogP contribution is -2.15. The molecule has 33 heavy (non-hydrogen) atoms. The first-order valence-electron chi connectivity index (χ1n) is 11.2. The number of carbonyl (C=O) groups is 1. The predicted octanol–water partition coefficient (Wildman–Crippen LogP) is 5.06. The standard InChI is InChI=1S/C26H27N3O3S/c1-29-23-10-12-33-25(23)14-24(29)26(30)28-20-4-2-3-18(13-20)16-31-21-5-7-22(8-6-21)32-17-19-9-11-27-15-19/h2-8,10,12-14,19,27H,9,11,15-17H2,1H3,(H,28,30)/t19-/m1/s1. The molecular weight excluding hydrogens is 434 g/mol. The third-order valence-corrected chi connectivity index (χ3v) is 6.81. The quantitative estimate of drug-likeness (QED) is 0.385. The minimum absolute atomic E-state index is 0.122. The molecule has 0 radical (unpaired) electrons. The number of nitrogens with zero attached hydrogens (tertiary/aromatic N) is 1. The number of aromatic nitrogens is 1. The number of hydrogen-bond donors (Lipinski definition) is 2. The number of aryl methyl sites for hydroxylation is 1. The van der Waals surface area contributed by atoms with E-state index in [0.717, 1.165) is 52.7 Å². The molecule has 1 saturated heterocycles. The van der Waals surface area contributed by atoms with Crippen LogP contribution in [-0.4, -0.2) is 30.2 Å². The number of hydrogen-bond acceptors (Lipinski definition) is 5. The third kappa shape index (κ3) is 5.05. The van der Waals surface area contributed by atoms with Crippen molar-refractivity contribution in [3.05, 3.63) is 77.3 Å². The molecule has 0 unspecified atom stereocenters. The second-order valence-corrected chi connectivity index (χ2v) is 9.29. The van der Waals surface area contributed by atoms with Crippen LogP contribution in [0.25, 0.3) is 10.2 Å². The Bertz CT molecular complexity index is 1240. The van der Waals surface area contributed by atoms with Crippen LogP contribution in [-0.2, 0) is 13.7 Å². The van der Waals surface area contributed by atoms with Crippen molar-refractivity contribution in [2.75, 3.05) is 25.0 Å². The van der Waals surface area contributed by atoms with Gasteiger partial charge in [0.1, 0.15) is 23.8 Å². The first kappa shape index (κ1) is 21.6. The van der Waals surface area contributed by atoms with Gasteiger partial charge in [0.15, 0.2) is 0 Å². The van der Waals surface area contributed by atoms with Crippen LogP contribution in [0.2, 0.25) is 0 Å². The average Bonchev–Trinajstić information content (AvgIpc) is 3.57. The zero-order valence-corrected chi connectivity index (χ0v) is 19.4. The van der Waals surface area contributed by atoms with Gasteiger partial charge in [0.25, 0.3) is 5.91 Å². The number of rotatable bonds is 8. The van der Waals surface area contributed by atoms with Gasteiger partial charge >= 0.3 is 0 Å². The lowest BCUT2D eigenvalue weighted by molar-refractivity contribution is 0.101. The van der Waals surface area contributed by atoms with Gasteiger partial charge in [0.05, 0.1) is 16.8 Å². The van der Waals surface area contributed by atoms with Crippen molar-refractivity contribution in [3.8, 4) is 11.5 Å². The maximum Gasteiger partial charge on any atom is 0.272 e. The molecule has 0 bridgehead atoms. The number of thiophene rings is 1. The molecule has 2 aromatic heterocycles. The summed E-state index contributed by atoms with van der Waals surface area (Å²) in [7, 11) is 1.91. The normalized spacial score (nSPS) is 15.6. The molecule has 1 aliphatic rings. The summed E-state index contributed by atoms with van der Waals surface area (Å²) in [5.41, 5.74) is 3.44. The lowest BCUT2D eigenvalue weighted by atomic mass is 10.1. The lowest BCUT2D eigenvalue weighted by Gasteiger charge is -2.12. The van der Waals surface area contributed by atoms with Gasteiger partial charge in [-0.05, 0) is 72.4 Å². The summed E-state index contributed by atoms with van der Waals surface area (Å²) in [6.45, 7) is 3.27. The molecule has 0 saturated carbocycles. The molecule has 3 heterocycles. The summed E-state index contributed by atoms with van der Waals surface area (Å²) in [4.78, 5) is 12.8. The number of amides is 1. The second kappa shape index (κ2) is 9.68. The van der Waals surface area contributed by atoms with Crippen LogP contribution in [0.3, 0.4) is 0 Å². The molecule has 2 aromatic carbocycles. The van der Waals surface area contributed by atoms with Crippen molar-refractivity contribution in [2.45, 2.75) is 13.0 Å². The van der Waals surface area contributed by atoms with Crippen LogP contribution >= 0.6 is 11.3 Å². The Kier molecular flexibility index (Phi) is 6.32. The highest BCUT2D eigenvalue weighted by atomic mass is 32.1. The van der Waals surface area contributed by atoms with Crippen molar-refractivity contribution < 1.29 is 14.3 Å². The summed E-state index contributed by atoms with van der Waals surface area (Å²) in [5, 5.41) is 8.39. The fourth-order valence-corrected chi connectivity index (χ4v) is 4.92. The Hall–Kier alpha value is -3.29. The van der Waals surface area contributed by atoms with Crippen LogP contribution in [0.1, 0.15) is 22.5 Å². The van der Waals surface area contributed by atoms with Crippen molar-refractivity contribution in [3.63, 3.8) is 0 Å². The van der Waals surface area contributed by atoms with Gasteiger partial charge in [-0.2, -0.15) is 0 Å². The van der Waals surface area contributed by atoms with E-state index < -0.39 is 0 Å².